The summed E-state index contributed by atoms with van der Waals surface area (Å²) in [4.78, 5) is 24.2. The Bertz CT molecular complexity index is 648. The fraction of sp³-hybridized carbons (Fsp3) is 0.667. The molecule has 0 aromatic carbocycles. The van der Waals surface area contributed by atoms with Crippen molar-refractivity contribution in [3.8, 4) is 0 Å². The van der Waals surface area contributed by atoms with Crippen molar-refractivity contribution in [2.75, 3.05) is 13.2 Å². The molecule has 1 aliphatic rings. The number of alkyl carbamates (subject to hydrolysis) is 1. The van der Waals surface area contributed by atoms with Crippen molar-refractivity contribution < 1.29 is 19.1 Å². The molecular weight excluding hydrogens is 380 g/mol. The lowest BCUT2D eigenvalue weighted by Crippen LogP contribution is -2.44. The lowest BCUT2D eigenvalue weighted by Gasteiger charge is -2.33. The Labute approximate surface area is 182 Å². The van der Waals surface area contributed by atoms with Gasteiger partial charge in [0.1, 0.15) is 23.9 Å². The Morgan fingerprint density at radius 1 is 1.23 bits per heavy atom. The summed E-state index contributed by atoms with van der Waals surface area (Å²) in [7, 11) is 0. The minimum atomic E-state index is -0.636. The largest absolute Gasteiger partial charge is 0.496 e. The maximum absolute atomic E-state index is 12.4. The van der Waals surface area contributed by atoms with E-state index in [4.69, 9.17) is 9.47 Å². The van der Waals surface area contributed by atoms with Crippen LogP contribution < -0.4 is 10.6 Å². The predicted molar refractivity (Wildman–Crippen MR) is 121 cm³/mol. The van der Waals surface area contributed by atoms with Gasteiger partial charge >= 0.3 is 6.09 Å². The normalized spacial score (nSPS) is 23.1. The highest BCUT2D eigenvalue weighted by Gasteiger charge is 2.27. The van der Waals surface area contributed by atoms with Crippen LogP contribution in [0, 0.1) is 17.8 Å². The Kier molecular flexibility index (Phi) is 10.2. The van der Waals surface area contributed by atoms with E-state index in [0.717, 1.165) is 12.0 Å². The molecule has 30 heavy (non-hydrogen) atoms. The molecule has 0 radical (unpaired) electrons. The molecule has 0 aliphatic heterocycles. The van der Waals surface area contributed by atoms with Crippen LogP contribution in [0.4, 0.5) is 4.79 Å². The summed E-state index contributed by atoms with van der Waals surface area (Å²) in [5.74, 6) is 1.94. The Morgan fingerprint density at radius 3 is 2.50 bits per heavy atom. The second-order valence-corrected chi connectivity index (χ2v) is 9.44. The molecule has 1 fully saturated rings. The minimum Gasteiger partial charge on any atom is -0.496 e. The van der Waals surface area contributed by atoms with Crippen molar-refractivity contribution >= 4 is 12.0 Å². The first-order valence-electron chi connectivity index (χ1n) is 10.8. The summed E-state index contributed by atoms with van der Waals surface area (Å²) in [5, 5.41) is 5.34. The van der Waals surface area contributed by atoms with E-state index in [9.17, 15) is 9.59 Å². The summed E-state index contributed by atoms with van der Waals surface area (Å²) in [5.41, 5.74) is 0.230. The summed E-state index contributed by atoms with van der Waals surface area (Å²) < 4.78 is 11.2. The van der Waals surface area contributed by atoms with E-state index in [0.29, 0.717) is 30.1 Å². The van der Waals surface area contributed by atoms with Crippen LogP contribution in [-0.2, 0) is 14.3 Å². The summed E-state index contributed by atoms with van der Waals surface area (Å²) in [6.45, 7) is 19.9. The van der Waals surface area contributed by atoms with Crippen LogP contribution in [0.5, 0.6) is 0 Å². The van der Waals surface area contributed by atoms with Gasteiger partial charge < -0.3 is 20.1 Å². The molecule has 2 amide bonds. The van der Waals surface area contributed by atoms with Crippen molar-refractivity contribution in [1.82, 2.24) is 10.6 Å². The lowest BCUT2D eigenvalue weighted by molar-refractivity contribution is -0.120. The molecule has 0 aromatic heterocycles. The summed E-state index contributed by atoms with van der Waals surface area (Å²) >= 11 is 0. The first kappa shape index (κ1) is 25.8. The van der Waals surface area contributed by atoms with Gasteiger partial charge in [-0.2, -0.15) is 0 Å². The highest BCUT2D eigenvalue weighted by atomic mass is 16.6. The van der Waals surface area contributed by atoms with E-state index in [1.54, 1.807) is 26.8 Å². The molecular formula is C24H40N2O4. The van der Waals surface area contributed by atoms with Crippen LogP contribution in [0.15, 0.2) is 36.6 Å². The number of carbonyl (C=O) groups excluding carboxylic acids is 2. The van der Waals surface area contributed by atoms with Crippen LogP contribution in [0.2, 0.25) is 0 Å². The van der Waals surface area contributed by atoms with Gasteiger partial charge in [0.25, 0.3) is 0 Å². The Hall–Kier alpha value is -2.24. The van der Waals surface area contributed by atoms with Gasteiger partial charge in [-0.25, -0.2) is 4.79 Å². The fourth-order valence-corrected chi connectivity index (χ4v) is 3.59. The van der Waals surface area contributed by atoms with E-state index < -0.39 is 17.7 Å². The van der Waals surface area contributed by atoms with Crippen LogP contribution in [0.3, 0.4) is 0 Å². The zero-order valence-electron chi connectivity index (χ0n) is 19.5. The van der Waals surface area contributed by atoms with Gasteiger partial charge in [0.2, 0.25) is 5.91 Å². The number of carbonyl (C=O) groups is 2. The van der Waals surface area contributed by atoms with E-state index >= 15 is 0 Å². The minimum absolute atomic E-state index is 0.197. The first-order chi connectivity index (χ1) is 13.9. The van der Waals surface area contributed by atoms with Gasteiger partial charge in [-0.05, 0) is 57.4 Å². The predicted octanol–water partition coefficient (Wildman–Crippen LogP) is 4.73. The number of hydrogen-bond donors (Lipinski definition) is 2. The maximum atomic E-state index is 12.4. The summed E-state index contributed by atoms with van der Waals surface area (Å²) in [6, 6.07) is -0.493. The molecule has 0 heterocycles. The number of ether oxygens (including phenoxy) is 2. The van der Waals surface area contributed by atoms with E-state index in [1.807, 2.05) is 13.0 Å². The average molecular weight is 421 g/mol. The summed E-state index contributed by atoms with van der Waals surface area (Å²) in [6.07, 6.45) is 6.46. The topological polar surface area (TPSA) is 76.7 Å². The Morgan fingerprint density at radius 2 is 1.90 bits per heavy atom. The van der Waals surface area contributed by atoms with Crippen molar-refractivity contribution in [2.24, 2.45) is 17.8 Å². The second-order valence-electron chi connectivity index (χ2n) is 9.44. The standard InChI is InChI=1S/C24H40N2O4/c1-9-10-18(4)22(26-21(27)14-25-23(28)30-24(6,7)8)19(5)29-15-20-13-16(2)11-12-17(20)3/h9-10,16-17,20,22H,1,5,11-15H2,2-4,6-8H3,(H,25,28)(H,26,27)/b18-10+/t16-,17-,20+,22?/m1/s1. The quantitative estimate of drug-likeness (QED) is 0.418. The van der Waals surface area contributed by atoms with Crippen LogP contribution in [0.1, 0.15) is 60.8 Å². The molecule has 0 spiro atoms. The number of hydrogen-bond acceptors (Lipinski definition) is 4. The average Bonchev–Trinajstić information content (AvgIpc) is 2.63. The van der Waals surface area contributed by atoms with Crippen LogP contribution >= 0.6 is 0 Å². The van der Waals surface area contributed by atoms with E-state index in [-0.39, 0.29) is 12.5 Å². The molecule has 170 valence electrons. The SMILES string of the molecule is C=C/C=C(\C)C(NC(=O)CNC(=O)OC(C)(C)C)C(=C)OC[C@@H]1C[C@H](C)CC[C@H]1C. The smallest absolute Gasteiger partial charge is 0.408 e. The lowest BCUT2D eigenvalue weighted by atomic mass is 9.76. The number of rotatable bonds is 9. The fourth-order valence-electron chi connectivity index (χ4n) is 3.59. The molecule has 0 aromatic rings. The van der Waals surface area contributed by atoms with Gasteiger partial charge in [0, 0.05) is 0 Å². The molecule has 0 bridgehead atoms. The highest BCUT2D eigenvalue weighted by molar-refractivity contribution is 5.83. The molecule has 1 aliphatic carbocycles. The van der Waals surface area contributed by atoms with Gasteiger partial charge in [0.15, 0.2) is 0 Å². The van der Waals surface area contributed by atoms with E-state index in [1.165, 1.54) is 12.8 Å². The number of allylic oxidation sites excluding steroid dienone is 2. The Balaban J connectivity index is 2.66. The third-order valence-corrected chi connectivity index (χ3v) is 5.36. The van der Waals surface area contributed by atoms with Gasteiger partial charge in [0.05, 0.1) is 6.61 Å². The van der Waals surface area contributed by atoms with Crippen molar-refractivity contribution in [2.45, 2.75) is 72.4 Å². The zero-order valence-corrected chi connectivity index (χ0v) is 19.5. The molecule has 6 heteroatoms. The van der Waals surface area contributed by atoms with E-state index in [2.05, 4.69) is 37.6 Å². The van der Waals surface area contributed by atoms with Gasteiger partial charge in [-0.1, -0.05) is 52.0 Å². The van der Waals surface area contributed by atoms with Crippen molar-refractivity contribution in [1.29, 1.82) is 0 Å². The third-order valence-electron chi connectivity index (χ3n) is 5.36. The molecule has 1 unspecified atom stereocenters. The van der Waals surface area contributed by atoms with Crippen LogP contribution in [0.25, 0.3) is 0 Å². The monoisotopic (exact) mass is 420 g/mol. The maximum Gasteiger partial charge on any atom is 0.408 e. The highest BCUT2D eigenvalue weighted by Crippen LogP contribution is 2.34. The molecule has 6 nitrogen and oxygen atoms in total. The number of nitrogens with one attached hydrogen (secondary N) is 2. The molecule has 1 saturated carbocycles. The van der Waals surface area contributed by atoms with Gasteiger partial charge in [-0.3, -0.25) is 4.79 Å². The zero-order chi connectivity index (χ0) is 22.9. The molecule has 2 N–H and O–H groups in total. The van der Waals surface area contributed by atoms with Gasteiger partial charge in [-0.15, -0.1) is 0 Å². The first-order valence-corrected chi connectivity index (χ1v) is 10.8. The van der Waals surface area contributed by atoms with Crippen molar-refractivity contribution in [3.05, 3.63) is 36.6 Å². The molecule has 1 rings (SSSR count). The van der Waals surface area contributed by atoms with Crippen molar-refractivity contribution in [3.63, 3.8) is 0 Å². The molecule has 0 saturated heterocycles. The molecule has 4 atom stereocenters. The third kappa shape index (κ3) is 9.51. The number of amides is 2. The van der Waals surface area contributed by atoms with Crippen LogP contribution in [-0.4, -0.2) is 36.8 Å². The second kappa shape index (κ2) is 11.8.